The molecule has 17 nitrogen and oxygen atoms in total. The molecule has 4 fully saturated rings. The van der Waals surface area contributed by atoms with Crippen LogP contribution in [0.2, 0.25) is 0 Å². The predicted molar refractivity (Wildman–Crippen MR) is 184 cm³/mol. The highest BCUT2D eigenvalue weighted by atomic mass is 16.3. The molecule has 0 aromatic carbocycles. The van der Waals surface area contributed by atoms with E-state index in [1.807, 2.05) is 11.9 Å². The molecule has 0 saturated carbocycles. The molecule has 0 aliphatic carbocycles. The average Bonchev–Trinajstić information content (AvgIpc) is 3.12. The van der Waals surface area contributed by atoms with E-state index in [1.54, 1.807) is 7.05 Å². The van der Waals surface area contributed by atoms with Crippen LogP contribution in [0.15, 0.2) is 0 Å². The van der Waals surface area contributed by atoms with Gasteiger partial charge in [-0.15, -0.1) is 0 Å². The van der Waals surface area contributed by atoms with Crippen molar-refractivity contribution in [3.63, 3.8) is 0 Å². The van der Waals surface area contributed by atoms with Crippen molar-refractivity contribution in [3.8, 4) is 0 Å². The Morgan fingerprint density at radius 3 is 1.45 bits per heavy atom. The van der Waals surface area contributed by atoms with Gasteiger partial charge < -0.3 is 88.5 Å². The lowest BCUT2D eigenvalue weighted by Crippen LogP contribution is -2.96. The minimum absolute atomic E-state index is 0.163. The SMILES string of the molecule is CN(CCO)CCO.CNCCO.OCC1CNCC[NH2+]1.OCC1C[NH2+]CCN1.OCCC1CNCC[NH2+]1.OCCC1C[NH2+]CCN1. The second-order valence-electron chi connectivity index (χ2n) is 11.9. The molecule has 286 valence electrons. The summed E-state index contributed by atoms with van der Waals surface area (Å²) < 4.78 is 0. The number of hydrogen-bond acceptors (Lipinski definition) is 13. The zero-order valence-corrected chi connectivity index (χ0v) is 29.7. The molecule has 0 aromatic rings. The van der Waals surface area contributed by atoms with Crippen LogP contribution < -0.4 is 47.9 Å². The number of nitrogens with zero attached hydrogens (tertiary/aromatic N) is 1. The van der Waals surface area contributed by atoms with Crippen LogP contribution in [-0.2, 0) is 0 Å². The summed E-state index contributed by atoms with van der Waals surface area (Å²) in [5, 5.41) is 83.8. The van der Waals surface area contributed by atoms with Crippen molar-refractivity contribution in [3.05, 3.63) is 0 Å². The largest absolute Gasteiger partial charge is 0.396 e. The molecule has 4 aliphatic heterocycles. The number of nitrogens with one attached hydrogen (secondary N) is 5. The molecule has 0 spiro atoms. The zero-order chi connectivity index (χ0) is 35.2. The van der Waals surface area contributed by atoms with Crippen LogP contribution in [-0.4, -0.2) is 223 Å². The lowest BCUT2D eigenvalue weighted by Gasteiger charge is -2.20. The summed E-state index contributed by atoms with van der Waals surface area (Å²) in [5.41, 5.74) is 0. The number of quaternary nitrogens is 4. The topological polar surface area (TPSA) is 271 Å². The Labute approximate surface area is 284 Å². The first-order valence-electron chi connectivity index (χ1n) is 17.7. The smallest absolute Gasteiger partial charge is 0.122 e. The first-order valence-corrected chi connectivity index (χ1v) is 17.7. The van der Waals surface area contributed by atoms with E-state index in [9.17, 15) is 0 Å². The van der Waals surface area contributed by atoms with Gasteiger partial charge in [0.05, 0.1) is 90.9 Å². The Bertz CT molecular complexity index is 522. The average molecular weight is 691 g/mol. The maximum atomic E-state index is 8.62. The highest BCUT2D eigenvalue weighted by Gasteiger charge is 2.15. The van der Waals surface area contributed by atoms with Gasteiger partial charge in [0.1, 0.15) is 12.1 Å². The van der Waals surface area contributed by atoms with E-state index >= 15 is 0 Å². The van der Waals surface area contributed by atoms with E-state index in [2.05, 4.69) is 47.9 Å². The molecule has 0 aromatic heterocycles. The van der Waals surface area contributed by atoms with E-state index in [4.69, 9.17) is 35.7 Å². The summed E-state index contributed by atoms with van der Waals surface area (Å²) in [5.74, 6) is 0. The number of likely N-dealkylation sites (N-methyl/N-ethyl adjacent to an activating group) is 2. The third-order valence-electron chi connectivity index (χ3n) is 7.68. The van der Waals surface area contributed by atoms with Crippen molar-refractivity contribution in [2.24, 2.45) is 0 Å². The Balaban J connectivity index is 0. The summed E-state index contributed by atoms with van der Waals surface area (Å²) >= 11 is 0. The van der Waals surface area contributed by atoms with E-state index in [0.29, 0.717) is 63.6 Å². The molecule has 20 N–H and O–H groups in total. The predicted octanol–water partition coefficient (Wildman–Crippen LogP) is -11.1. The standard InChI is InChI=1S/2C6H14N2O.2C5H12N2O.C5H13NO2.C3H9NO/c2*9-4-1-6-5-7-2-3-8-6;2*8-4-5-3-6-1-2-7-5;1-6(2-4-7)3-5-8;1-4-2-3-5/h2*6-9H,1-5H2;2*5-8H,1-4H2;7-8H,2-5H2,1H3;4-5H,2-3H2,1H3/p+4. The number of nitrogens with two attached hydrogens (primary N) is 4. The first-order chi connectivity index (χ1) is 22.9. The van der Waals surface area contributed by atoms with E-state index in [0.717, 1.165) is 84.8 Å². The van der Waals surface area contributed by atoms with Crippen LogP contribution in [0.25, 0.3) is 0 Å². The van der Waals surface area contributed by atoms with Crippen molar-refractivity contribution in [2.75, 3.05) is 159 Å². The summed E-state index contributed by atoms with van der Waals surface area (Å²) in [4.78, 5) is 1.86. The van der Waals surface area contributed by atoms with Gasteiger partial charge in [-0.1, -0.05) is 0 Å². The number of aliphatic hydroxyl groups is 7. The van der Waals surface area contributed by atoms with E-state index in [-0.39, 0.29) is 26.4 Å². The van der Waals surface area contributed by atoms with Gasteiger partial charge in [0, 0.05) is 72.0 Å². The lowest BCUT2D eigenvalue weighted by atomic mass is 10.2. The fraction of sp³-hybridized carbons (Fsp3) is 1.00. The summed E-state index contributed by atoms with van der Waals surface area (Å²) in [6, 6.07) is 1.90. The zero-order valence-electron chi connectivity index (χ0n) is 29.7. The normalized spacial score (nSPS) is 23.9. The molecule has 4 aliphatic rings. The van der Waals surface area contributed by atoms with Gasteiger partial charge in [-0.05, 0) is 20.5 Å². The molecule has 4 heterocycles. The molecular weight excluding hydrogens is 612 g/mol. The number of rotatable bonds is 12. The van der Waals surface area contributed by atoms with E-state index < -0.39 is 0 Å². The third-order valence-corrected chi connectivity index (χ3v) is 7.68. The Kier molecular flexibility index (Phi) is 41.0. The molecule has 0 bridgehead atoms. The fourth-order valence-corrected chi connectivity index (χ4v) is 4.77. The van der Waals surface area contributed by atoms with Gasteiger partial charge in [-0.25, -0.2) is 0 Å². The second kappa shape index (κ2) is 39.8. The quantitative estimate of drug-likeness (QED) is 0.0908. The number of aliphatic hydroxyl groups excluding tert-OH is 7. The molecule has 47 heavy (non-hydrogen) atoms. The molecular formula is C30H78N10O7+4. The monoisotopic (exact) mass is 691 g/mol. The van der Waals surface area contributed by atoms with Crippen molar-refractivity contribution in [1.29, 1.82) is 0 Å². The molecule has 4 saturated heterocycles. The van der Waals surface area contributed by atoms with Gasteiger partial charge in [0.2, 0.25) is 0 Å². The van der Waals surface area contributed by atoms with Crippen LogP contribution in [0.5, 0.6) is 0 Å². The third kappa shape index (κ3) is 35.0. The van der Waals surface area contributed by atoms with Crippen molar-refractivity contribution >= 4 is 0 Å². The van der Waals surface area contributed by atoms with Crippen molar-refractivity contribution in [2.45, 2.75) is 37.0 Å². The fourth-order valence-electron chi connectivity index (χ4n) is 4.77. The van der Waals surface area contributed by atoms with Crippen LogP contribution in [0.3, 0.4) is 0 Å². The first kappa shape index (κ1) is 48.4. The van der Waals surface area contributed by atoms with Gasteiger partial charge in [0.15, 0.2) is 0 Å². The summed E-state index contributed by atoms with van der Waals surface area (Å²) in [7, 11) is 3.66. The highest BCUT2D eigenvalue weighted by Crippen LogP contribution is 1.87. The maximum absolute atomic E-state index is 8.62. The minimum Gasteiger partial charge on any atom is -0.396 e. The van der Waals surface area contributed by atoms with Crippen LogP contribution in [0, 0.1) is 0 Å². The summed E-state index contributed by atoms with van der Waals surface area (Å²) in [6.07, 6.45) is 1.82. The van der Waals surface area contributed by atoms with Crippen molar-refractivity contribution in [1.82, 2.24) is 31.5 Å². The van der Waals surface area contributed by atoms with Gasteiger partial charge in [-0.3, -0.25) is 0 Å². The Morgan fingerprint density at radius 1 is 0.617 bits per heavy atom. The highest BCUT2D eigenvalue weighted by molar-refractivity contribution is 4.66. The summed E-state index contributed by atoms with van der Waals surface area (Å²) in [6.45, 7) is 16.8. The van der Waals surface area contributed by atoms with Crippen molar-refractivity contribution < 1.29 is 57.0 Å². The Hall–Kier alpha value is -0.680. The van der Waals surface area contributed by atoms with Gasteiger partial charge >= 0.3 is 0 Å². The minimum atomic E-state index is 0.163. The molecule has 4 rings (SSSR count). The van der Waals surface area contributed by atoms with Gasteiger partial charge in [-0.2, -0.15) is 0 Å². The lowest BCUT2D eigenvalue weighted by molar-refractivity contribution is -0.694. The van der Waals surface area contributed by atoms with Crippen LogP contribution in [0.4, 0.5) is 0 Å². The molecule has 0 amide bonds. The molecule has 4 unspecified atom stereocenters. The Morgan fingerprint density at radius 2 is 1.15 bits per heavy atom. The molecule has 0 radical (unpaired) electrons. The molecule has 4 atom stereocenters. The number of hydrogen-bond donors (Lipinski definition) is 16. The second-order valence-corrected chi connectivity index (χ2v) is 11.9. The van der Waals surface area contributed by atoms with Crippen LogP contribution >= 0.6 is 0 Å². The molecule has 17 heteroatoms. The maximum Gasteiger partial charge on any atom is 0.122 e. The van der Waals surface area contributed by atoms with E-state index in [1.165, 1.54) is 6.54 Å². The van der Waals surface area contributed by atoms with Crippen LogP contribution in [0.1, 0.15) is 12.8 Å². The van der Waals surface area contributed by atoms with Gasteiger partial charge in [0.25, 0.3) is 0 Å². The number of piperazine rings is 4.